The Morgan fingerprint density at radius 1 is 0.833 bits per heavy atom. The summed E-state index contributed by atoms with van der Waals surface area (Å²) < 4.78 is 41.5. The van der Waals surface area contributed by atoms with Gasteiger partial charge >= 0.3 is 24.1 Å². The standard InChI is InChI=1S/C29H33F3N4O6/c30-29(31,32)27(40)42-26(39)17-23(21-13-11-20(12-14-21)19-7-3-1-4-8-19)36-25(38)18-34-24(37)15-16-33-28(41)35-22-9-5-2-6-10-22/h1,3-4,7-8,11-14,22-23H,2,5-6,9-10,15-18H2,(H,34,37)(H,36,38)(H2,33,35,41). The Balaban J connectivity index is 1.53. The first-order valence-electron chi connectivity index (χ1n) is 13.6. The smallest absolute Gasteiger partial charge is 0.386 e. The normalized spacial score (nSPS) is 14.3. The molecule has 0 saturated heterocycles. The van der Waals surface area contributed by atoms with Crippen LogP contribution in [0.25, 0.3) is 11.1 Å². The summed E-state index contributed by atoms with van der Waals surface area (Å²) >= 11 is 0. The zero-order valence-corrected chi connectivity index (χ0v) is 22.8. The second kappa shape index (κ2) is 15.5. The molecule has 3 rings (SSSR count). The van der Waals surface area contributed by atoms with Gasteiger partial charge in [0.05, 0.1) is 19.0 Å². The number of urea groups is 1. The number of halogens is 3. The number of nitrogens with one attached hydrogen (secondary N) is 4. The largest absolute Gasteiger partial charge is 0.491 e. The molecule has 10 nitrogen and oxygen atoms in total. The predicted octanol–water partition coefficient (Wildman–Crippen LogP) is 3.67. The molecule has 1 fully saturated rings. The summed E-state index contributed by atoms with van der Waals surface area (Å²) in [5, 5.41) is 10.3. The van der Waals surface area contributed by atoms with E-state index in [1.54, 1.807) is 24.3 Å². The Morgan fingerprint density at radius 3 is 2.12 bits per heavy atom. The van der Waals surface area contributed by atoms with E-state index >= 15 is 0 Å². The lowest BCUT2D eigenvalue weighted by molar-refractivity contribution is -0.202. The van der Waals surface area contributed by atoms with Gasteiger partial charge in [-0.05, 0) is 29.5 Å². The van der Waals surface area contributed by atoms with Crippen molar-refractivity contribution < 1.29 is 41.9 Å². The molecule has 0 aromatic heterocycles. The van der Waals surface area contributed by atoms with Crippen molar-refractivity contribution in [1.82, 2.24) is 21.3 Å². The fourth-order valence-electron chi connectivity index (χ4n) is 4.45. The number of amides is 4. The van der Waals surface area contributed by atoms with Crippen molar-refractivity contribution in [1.29, 1.82) is 0 Å². The third-order valence-electron chi connectivity index (χ3n) is 6.59. The lowest BCUT2D eigenvalue weighted by Gasteiger charge is -2.22. The van der Waals surface area contributed by atoms with Gasteiger partial charge in [-0.3, -0.25) is 14.4 Å². The quantitative estimate of drug-likeness (QED) is 0.232. The minimum absolute atomic E-state index is 0.0431. The van der Waals surface area contributed by atoms with E-state index in [-0.39, 0.29) is 25.0 Å². The number of carbonyl (C=O) groups excluding carboxylic acids is 5. The Bertz CT molecular complexity index is 1230. The molecule has 0 bridgehead atoms. The van der Waals surface area contributed by atoms with Crippen molar-refractivity contribution in [3.8, 4) is 11.1 Å². The number of carbonyl (C=O) groups is 5. The van der Waals surface area contributed by atoms with Crippen LogP contribution in [0, 0.1) is 0 Å². The first-order valence-corrected chi connectivity index (χ1v) is 13.6. The molecule has 42 heavy (non-hydrogen) atoms. The average Bonchev–Trinajstić information content (AvgIpc) is 2.96. The van der Waals surface area contributed by atoms with Crippen LogP contribution in [0.3, 0.4) is 0 Å². The maximum atomic E-state index is 12.6. The van der Waals surface area contributed by atoms with E-state index in [0.717, 1.165) is 43.2 Å². The summed E-state index contributed by atoms with van der Waals surface area (Å²) in [5.74, 6) is -5.41. The van der Waals surface area contributed by atoms with Crippen LogP contribution >= 0.6 is 0 Å². The first kappa shape index (κ1) is 32.1. The molecule has 0 heterocycles. The van der Waals surface area contributed by atoms with Crippen molar-refractivity contribution in [2.24, 2.45) is 0 Å². The summed E-state index contributed by atoms with van der Waals surface area (Å²) in [7, 11) is 0. The van der Waals surface area contributed by atoms with E-state index in [9.17, 15) is 37.1 Å². The van der Waals surface area contributed by atoms with Gasteiger partial charge in [0, 0.05) is 19.0 Å². The van der Waals surface area contributed by atoms with Crippen molar-refractivity contribution >= 4 is 29.8 Å². The van der Waals surface area contributed by atoms with Gasteiger partial charge in [0.25, 0.3) is 0 Å². The second-order valence-corrected chi connectivity index (χ2v) is 9.83. The second-order valence-electron chi connectivity index (χ2n) is 9.83. The van der Waals surface area contributed by atoms with Crippen LogP contribution < -0.4 is 21.3 Å². The molecule has 2 aromatic carbocycles. The van der Waals surface area contributed by atoms with Crippen LogP contribution in [0.1, 0.15) is 56.6 Å². The molecule has 1 aliphatic rings. The van der Waals surface area contributed by atoms with Crippen molar-refractivity contribution in [2.75, 3.05) is 13.1 Å². The lowest BCUT2D eigenvalue weighted by Crippen LogP contribution is -2.44. The number of benzene rings is 2. The van der Waals surface area contributed by atoms with Crippen LogP contribution in [0.2, 0.25) is 0 Å². The number of esters is 2. The molecule has 1 unspecified atom stereocenters. The first-order chi connectivity index (χ1) is 20.0. The summed E-state index contributed by atoms with van der Waals surface area (Å²) in [4.78, 5) is 59.9. The molecule has 13 heteroatoms. The van der Waals surface area contributed by atoms with Gasteiger partial charge in [-0.2, -0.15) is 13.2 Å². The van der Waals surface area contributed by atoms with E-state index in [4.69, 9.17) is 0 Å². The molecule has 1 aliphatic carbocycles. The maximum absolute atomic E-state index is 12.6. The Labute approximate surface area is 240 Å². The summed E-state index contributed by atoms with van der Waals surface area (Å²) in [6.07, 6.45) is -1.13. The maximum Gasteiger partial charge on any atom is 0.491 e. The Hall–Kier alpha value is -4.42. The topological polar surface area (TPSA) is 143 Å². The SMILES string of the molecule is O=C(CCNC(=O)NC1CCCCC1)NCC(=O)NC(CC(=O)OC(=O)C(F)(F)F)c1ccc(-c2ccccc2)cc1. The van der Waals surface area contributed by atoms with E-state index in [1.807, 2.05) is 30.3 Å². The van der Waals surface area contributed by atoms with E-state index in [1.165, 1.54) is 0 Å². The van der Waals surface area contributed by atoms with Crippen LogP contribution in [-0.4, -0.2) is 55.1 Å². The third kappa shape index (κ3) is 10.9. The molecular formula is C29H33F3N4O6. The van der Waals surface area contributed by atoms with Gasteiger partial charge in [0.15, 0.2) is 0 Å². The average molecular weight is 591 g/mol. The molecule has 0 aliphatic heterocycles. The Kier molecular flexibility index (Phi) is 11.9. The highest BCUT2D eigenvalue weighted by molar-refractivity contribution is 5.89. The monoisotopic (exact) mass is 590 g/mol. The van der Waals surface area contributed by atoms with Gasteiger partial charge in [-0.25, -0.2) is 9.59 Å². The van der Waals surface area contributed by atoms with Crippen molar-refractivity contribution in [3.05, 3.63) is 60.2 Å². The highest BCUT2D eigenvalue weighted by Gasteiger charge is 2.42. The minimum atomic E-state index is -5.36. The fourth-order valence-corrected chi connectivity index (χ4v) is 4.45. The lowest BCUT2D eigenvalue weighted by atomic mass is 9.96. The summed E-state index contributed by atoms with van der Waals surface area (Å²) in [5.41, 5.74) is 2.06. The van der Waals surface area contributed by atoms with Crippen LogP contribution in [0.5, 0.6) is 0 Å². The van der Waals surface area contributed by atoms with Crippen LogP contribution in [0.15, 0.2) is 54.6 Å². The van der Waals surface area contributed by atoms with Gasteiger partial charge in [-0.15, -0.1) is 0 Å². The molecular weight excluding hydrogens is 557 g/mol. The minimum Gasteiger partial charge on any atom is -0.386 e. The molecule has 1 saturated carbocycles. The zero-order valence-electron chi connectivity index (χ0n) is 22.8. The van der Waals surface area contributed by atoms with Gasteiger partial charge < -0.3 is 26.0 Å². The van der Waals surface area contributed by atoms with Crippen molar-refractivity contribution in [3.63, 3.8) is 0 Å². The zero-order chi connectivity index (χ0) is 30.5. The van der Waals surface area contributed by atoms with Gasteiger partial charge in [0.2, 0.25) is 11.8 Å². The fraction of sp³-hybridized carbons (Fsp3) is 0.414. The van der Waals surface area contributed by atoms with Gasteiger partial charge in [0.1, 0.15) is 0 Å². The Morgan fingerprint density at radius 2 is 1.48 bits per heavy atom. The molecule has 4 amide bonds. The highest BCUT2D eigenvalue weighted by atomic mass is 19.4. The third-order valence-corrected chi connectivity index (χ3v) is 6.59. The van der Waals surface area contributed by atoms with Crippen LogP contribution in [0.4, 0.5) is 18.0 Å². The van der Waals surface area contributed by atoms with Gasteiger partial charge in [-0.1, -0.05) is 73.9 Å². The number of alkyl halides is 3. The van der Waals surface area contributed by atoms with E-state index in [0.29, 0.717) is 5.56 Å². The molecule has 0 spiro atoms. The number of hydrogen-bond acceptors (Lipinski definition) is 6. The predicted molar refractivity (Wildman–Crippen MR) is 146 cm³/mol. The molecule has 1 atom stereocenters. The highest BCUT2D eigenvalue weighted by Crippen LogP contribution is 2.25. The summed E-state index contributed by atoms with van der Waals surface area (Å²) in [6, 6.07) is 14.4. The number of hydrogen-bond donors (Lipinski definition) is 4. The van der Waals surface area contributed by atoms with E-state index in [2.05, 4.69) is 26.0 Å². The molecule has 2 aromatic rings. The van der Waals surface area contributed by atoms with E-state index < -0.39 is 48.9 Å². The number of ether oxygens (including phenoxy) is 1. The molecule has 226 valence electrons. The molecule has 4 N–H and O–H groups in total. The van der Waals surface area contributed by atoms with Crippen LogP contribution in [-0.2, 0) is 23.9 Å². The van der Waals surface area contributed by atoms with Crippen molar-refractivity contribution in [2.45, 2.75) is 63.2 Å². The number of rotatable bonds is 11. The molecule has 0 radical (unpaired) electrons. The summed E-state index contributed by atoms with van der Waals surface area (Å²) in [6.45, 7) is -0.455.